The summed E-state index contributed by atoms with van der Waals surface area (Å²) < 4.78 is 2.94. The molecule has 2 aromatic heterocycles. The second kappa shape index (κ2) is 10.8. The van der Waals surface area contributed by atoms with Crippen LogP contribution in [0.4, 0.5) is 0 Å². The second-order valence-electron chi connectivity index (χ2n) is 10.7. The van der Waals surface area contributed by atoms with Crippen LogP contribution in [0.15, 0.2) is 58.0 Å². The molecule has 9 heteroatoms. The summed E-state index contributed by atoms with van der Waals surface area (Å²) in [6, 6.07) is 9.14. The average Bonchev–Trinajstić information content (AvgIpc) is 2.91. The summed E-state index contributed by atoms with van der Waals surface area (Å²) in [5, 5.41) is 3.48. The molecular formula is C29H36N6O3. The van der Waals surface area contributed by atoms with Crippen LogP contribution in [0, 0.1) is 13.8 Å². The minimum Gasteiger partial charge on any atom is -0.393 e. The van der Waals surface area contributed by atoms with Crippen LogP contribution in [0.5, 0.6) is 0 Å². The van der Waals surface area contributed by atoms with Crippen molar-refractivity contribution in [2.45, 2.75) is 70.9 Å². The molecule has 0 atom stereocenters. The molecule has 1 saturated carbocycles. The Morgan fingerprint density at radius 1 is 1.03 bits per heavy atom. The van der Waals surface area contributed by atoms with Crippen LogP contribution >= 0.6 is 0 Å². The van der Waals surface area contributed by atoms with E-state index < -0.39 is 0 Å². The number of fused-ring (bicyclic) bond motifs is 1. The van der Waals surface area contributed by atoms with Crippen molar-refractivity contribution in [1.82, 2.24) is 24.3 Å². The van der Waals surface area contributed by atoms with Crippen molar-refractivity contribution in [3.05, 3.63) is 80.4 Å². The number of nitrogens with two attached hydrogens (primary N) is 1. The maximum absolute atomic E-state index is 13.8. The molecule has 38 heavy (non-hydrogen) atoms. The first kappa shape index (κ1) is 25.8. The first-order chi connectivity index (χ1) is 18.3. The lowest BCUT2D eigenvalue weighted by molar-refractivity contribution is -0.118. The lowest BCUT2D eigenvalue weighted by Crippen LogP contribution is -2.45. The number of pyridine rings is 1. The van der Waals surface area contributed by atoms with E-state index >= 15 is 0 Å². The zero-order valence-corrected chi connectivity index (χ0v) is 22.2. The van der Waals surface area contributed by atoms with Crippen molar-refractivity contribution in [3.63, 3.8) is 0 Å². The Morgan fingerprint density at radius 3 is 2.47 bits per heavy atom. The fraction of sp³-hybridized carbons (Fsp3) is 0.448. The molecule has 0 bridgehead atoms. The molecule has 2 aliphatic rings. The van der Waals surface area contributed by atoms with Crippen LogP contribution in [0.1, 0.15) is 62.1 Å². The van der Waals surface area contributed by atoms with Gasteiger partial charge in [0.15, 0.2) is 5.65 Å². The lowest BCUT2D eigenvalue weighted by Gasteiger charge is -2.30. The Kier molecular flexibility index (Phi) is 7.35. The predicted octanol–water partition coefficient (Wildman–Crippen LogP) is 3.05. The van der Waals surface area contributed by atoms with Crippen molar-refractivity contribution < 1.29 is 4.79 Å². The number of likely N-dealkylation sites (tertiary alicyclic amines) is 1. The normalized spacial score (nSPS) is 20.5. The number of amides is 1. The van der Waals surface area contributed by atoms with Gasteiger partial charge in [0.25, 0.3) is 11.5 Å². The number of rotatable bonds is 5. The van der Waals surface area contributed by atoms with Crippen LogP contribution in [0.25, 0.3) is 16.7 Å². The number of nitrogens with zero attached hydrogens (tertiary/aromatic N) is 4. The molecule has 1 saturated heterocycles. The van der Waals surface area contributed by atoms with Crippen LogP contribution in [-0.4, -0.2) is 44.1 Å². The van der Waals surface area contributed by atoms with Gasteiger partial charge in [0.1, 0.15) is 5.70 Å². The van der Waals surface area contributed by atoms with E-state index in [0.29, 0.717) is 42.4 Å². The van der Waals surface area contributed by atoms with E-state index in [1.165, 1.54) is 11.0 Å². The van der Waals surface area contributed by atoms with Gasteiger partial charge in [0, 0.05) is 37.6 Å². The standard InChI is InChI=1S/C29H36N6O3/c1-19-7-6-8-23(15-19)34-26-24(16-20(2)17-31-26)28(37)35(29(34)38)22-11-9-21(10-12-22)32-27(36)25(30)18-33-13-4-3-5-14-33/h6-8,15-18,21-22H,3-5,9-14,30H2,1-2H3,(H,32,36)/b25-18-. The van der Waals surface area contributed by atoms with Crippen molar-refractivity contribution in [3.8, 4) is 5.69 Å². The Balaban J connectivity index is 1.39. The molecule has 0 radical (unpaired) electrons. The number of aryl methyl sites for hydroxylation is 2. The Bertz CT molecular complexity index is 1490. The van der Waals surface area contributed by atoms with Crippen LogP contribution in [-0.2, 0) is 4.79 Å². The summed E-state index contributed by atoms with van der Waals surface area (Å²) >= 11 is 0. The SMILES string of the molecule is Cc1cccc(-n2c(=O)n(C3CCC(NC(=O)/C(N)=C/N4CCCCC4)CC3)c(=O)c3cc(C)cnc32)c1. The third-order valence-electron chi connectivity index (χ3n) is 7.69. The maximum atomic E-state index is 13.8. The first-order valence-corrected chi connectivity index (χ1v) is 13.5. The highest BCUT2D eigenvalue weighted by molar-refractivity contribution is 5.92. The van der Waals surface area contributed by atoms with Crippen molar-refractivity contribution >= 4 is 16.9 Å². The number of carbonyl (C=O) groups excluding carboxylic acids is 1. The van der Waals surface area contributed by atoms with E-state index in [1.807, 2.05) is 38.1 Å². The molecule has 3 aromatic rings. The van der Waals surface area contributed by atoms with Gasteiger partial charge in [0.05, 0.1) is 11.1 Å². The molecule has 1 amide bonds. The summed E-state index contributed by atoms with van der Waals surface area (Å²) in [5.74, 6) is -0.259. The molecule has 2 fully saturated rings. The Hall–Kier alpha value is -3.88. The highest BCUT2D eigenvalue weighted by Crippen LogP contribution is 2.27. The predicted molar refractivity (Wildman–Crippen MR) is 148 cm³/mol. The van der Waals surface area contributed by atoms with Gasteiger partial charge in [-0.1, -0.05) is 12.1 Å². The van der Waals surface area contributed by atoms with Crippen LogP contribution in [0.2, 0.25) is 0 Å². The zero-order valence-electron chi connectivity index (χ0n) is 22.2. The van der Waals surface area contributed by atoms with E-state index in [0.717, 1.165) is 37.1 Å². The average molecular weight is 517 g/mol. The summed E-state index contributed by atoms with van der Waals surface area (Å²) in [6.07, 6.45) is 9.42. The molecule has 0 unspecified atom stereocenters. The summed E-state index contributed by atoms with van der Waals surface area (Å²) in [7, 11) is 0. The second-order valence-corrected chi connectivity index (χ2v) is 10.7. The molecule has 3 heterocycles. The Labute approximate surface area is 222 Å². The third-order valence-corrected chi connectivity index (χ3v) is 7.69. The van der Waals surface area contributed by atoms with E-state index in [-0.39, 0.29) is 34.9 Å². The molecule has 1 aliphatic carbocycles. The van der Waals surface area contributed by atoms with Crippen LogP contribution < -0.4 is 22.3 Å². The molecule has 1 aromatic carbocycles. The molecule has 5 rings (SSSR count). The lowest BCUT2D eigenvalue weighted by atomic mass is 9.90. The van der Waals surface area contributed by atoms with Gasteiger partial charge in [-0.15, -0.1) is 0 Å². The van der Waals surface area contributed by atoms with Gasteiger partial charge >= 0.3 is 5.69 Å². The largest absolute Gasteiger partial charge is 0.393 e. The van der Waals surface area contributed by atoms with Crippen molar-refractivity contribution in [2.24, 2.45) is 5.73 Å². The van der Waals surface area contributed by atoms with Gasteiger partial charge in [-0.25, -0.2) is 14.3 Å². The van der Waals surface area contributed by atoms with Crippen molar-refractivity contribution in [1.29, 1.82) is 0 Å². The molecule has 0 spiro atoms. The zero-order chi connectivity index (χ0) is 26.8. The monoisotopic (exact) mass is 516 g/mol. The fourth-order valence-corrected chi connectivity index (χ4v) is 5.68. The third kappa shape index (κ3) is 5.23. The number of benzene rings is 1. The fourth-order valence-electron chi connectivity index (χ4n) is 5.68. The number of aromatic nitrogens is 3. The number of carbonyl (C=O) groups is 1. The Morgan fingerprint density at radius 2 is 1.76 bits per heavy atom. The van der Waals surface area contributed by atoms with Gasteiger partial charge in [-0.3, -0.25) is 14.2 Å². The smallest absolute Gasteiger partial charge is 0.337 e. The molecule has 1 aliphatic heterocycles. The highest BCUT2D eigenvalue weighted by atomic mass is 16.2. The number of hydrogen-bond acceptors (Lipinski definition) is 6. The maximum Gasteiger partial charge on any atom is 0.337 e. The van der Waals surface area contributed by atoms with Gasteiger partial charge in [0.2, 0.25) is 0 Å². The topological polar surface area (TPSA) is 115 Å². The number of nitrogens with one attached hydrogen (secondary N) is 1. The summed E-state index contributed by atoms with van der Waals surface area (Å²) in [5.41, 5.74) is 8.53. The number of hydrogen-bond donors (Lipinski definition) is 2. The first-order valence-electron chi connectivity index (χ1n) is 13.5. The summed E-state index contributed by atoms with van der Waals surface area (Å²) in [4.78, 5) is 46.7. The van der Waals surface area contributed by atoms with E-state index in [9.17, 15) is 14.4 Å². The minimum absolute atomic E-state index is 0.0499. The highest BCUT2D eigenvalue weighted by Gasteiger charge is 2.28. The molecule has 9 nitrogen and oxygen atoms in total. The van der Waals surface area contributed by atoms with E-state index in [2.05, 4.69) is 15.2 Å². The quantitative estimate of drug-likeness (QED) is 0.504. The van der Waals surface area contributed by atoms with E-state index in [4.69, 9.17) is 5.73 Å². The van der Waals surface area contributed by atoms with E-state index in [1.54, 1.807) is 23.0 Å². The van der Waals surface area contributed by atoms with Gasteiger partial charge < -0.3 is 16.0 Å². The minimum atomic E-state index is -0.384. The van der Waals surface area contributed by atoms with Gasteiger partial charge in [-0.05, 0) is 88.1 Å². The summed E-state index contributed by atoms with van der Waals surface area (Å²) in [6.45, 7) is 5.70. The van der Waals surface area contributed by atoms with Crippen molar-refractivity contribution in [2.75, 3.05) is 13.1 Å². The van der Waals surface area contributed by atoms with Crippen LogP contribution in [0.3, 0.4) is 0 Å². The number of piperidine rings is 1. The molecular weight excluding hydrogens is 480 g/mol. The van der Waals surface area contributed by atoms with Gasteiger partial charge in [-0.2, -0.15) is 0 Å². The molecule has 3 N–H and O–H groups in total. The molecule has 200 valence electrons.